The minimum absolute atomic E-state index is 1.25. The predicted octanol–water partition coefficient (Wildman–Crippen LogP) is 11.3. The fourth-order valence-corrected chi connectivity index (χ4v) is 6.76. The van der Waals surface area contributed by atoms with Crippen LogP contribution in [0.25, 0.3) is 87.6 Å². The molecule has 0 heterocycles. The number of benzene rings is 8. The first kappa shape index (κ1) is 21.7. The molecular weight excluding hydrogens is 480 g/mol. The van der Waals surface area contributed by atoms with Gasteiger partial charge in [0.15, 0.2) is 0 Å². The summed E-state index contributed by atoms with van der Waals surface area (Å²) in [6, 6.07) is 53.9. The van der Waals surface area contributed by atoms with Gasteiger partial charge in [-0.25, -0.2) is 0 Å². The molecule has 0 spiro atoms. The average Bonchev–Trinajstić information content (AvgIpc) is 3.35. The van der Waals surface area contributed by atoms with Gasteiger partial charge in [-0.1, -0.05) is 121 Å². The topological polar surface area (TPSA) is 0 Å². The monoisotopic (exact) mass is 504 g/mol. The van der Waals surface area contributed by atoms with Crippen molar-refractivity contribution in [1.29, 1.82) is 0 Å². The Hall–Kier alpha value is -5.20. The summed E-state index contributed by atoms with van der Waals surface area (Å²) in [7, 11) is 0. The molecule has 0 unspecified atom stereocenters. The van der Waals surface area contributed by atoms with E-state index in [9.17, 15) is 0 Å². The first-order valence-electron chi connectivity index (χ1n) is 13.9. The molecular formula is C40H24. The number of fused-ring (bicyclic) bond motifs is 7. The fourth-order valence-electron chi connectivity index (χ4n) is 6.76. The van der Waals surface area contributed by atoms with E-state index in [-0.39, 0.29) is 0 Å². The van der Waals surface area contributed by atoms with Gasteiger partial charge in [0.05, 0.1) is 0 Å². The van der Waals surface area contributed by atoms with Crippen molar-refractivity contribution in [2.45, 2.75) is 0 Å². The van der Waals surface area contributed by atoms with Crippen LogP contribution >= 0.6 is 0 Å². The van der Waals surface area contributed by atoms with E-state index in [4.69, 9.17) is 0 Å². The number of rotatable bonds is 2. The van der Waals surface area contributed by atoms with Crippen molar-refractivity contribution in [3.05, 3.63) is 146 Å². The Kier molecular flexibility index (Phi) is 4.42. The van der Waals surface area contributed by atoms with Gasteiger partial charge in [-0.2, -0.15) is 0 Å². The second-order valence-electron chi connectivity index (χ2n) is 11.0. The molecule has 0 heteroatoms. The van der Waals surface area contributed by atoms with E-state index in [1.54, 1.807) is 0 Å². The van der Waals surface area contributed by atoms with E-state index in [1.807, 2.05) is 0 Å². The van der Waals surface area contributed by atoms with Crippen LogP contribution in [0, 0.1) is 0 Å². The zero-order valence-corrected chi connectivity index (χ0v) is 21.9. The third kappa shape index (κ3) is 3.14. The molecule has 0 nitrogen and oxygen atoms in total. The van der Waals surface area contributed by atoms with Gasteiger partial charge in [0, 0.05) is 0 Å². The van der Waals surface area contributed by atoms with Gasteiger partial charge >= 0.3 is 0 Å². The summed E-state index contributed by atoms with van der Waals surface area (Å²) in [5.41, 5.74) is 10.4. The number of hydrogen-bond acceptors (Lipinski definition) is 0. The minimum Gasteiger partial charge on any atom is -0.0616 e. The van der Waals surface area contributed by atoms with Crippen LogP contribution in [-0.4, -0.2) is 0 Å². The molecule has 0 N–H and O–H groups in total. The maximum Gasteiger partial charge on any atom is -0.00264 e. The molecule has 9 rings (SSSR count). The van der Waals surface area contributed by atoms with Gasteiger partial charge in [-0.15, -0.1) is 0 Å². The highest BCUT2D eigenvalue weighted by molar-refractivity contribution is 6.15. The second-order valence-corrected chi connectivity index (χ2v) is 11.0. The lowest BCUT2D eigenvalue weighted by Gasteiger charge is -2.10. The predicted molar refractivity (Wildman–Crippen MR) is 172 cm³/mol. The van der Waals surface area contributed by atoms with Gasteiger partial charge < -0.3 is 0 Å². The molecule has 0 saturated carbocycles. The maximum absolute atomic E-state index is 2.38. The molecule has 0 bridgehead atoms. The van der Waals surface area contributed by atoms with Gasteiger partial charge in [0.25, 0.3) is 0 Å². The Bertz CT molecular complexity index is 2310. The standard InChI is InChI=1S/C40H24/c1-2-8-34-26(5-1)13-14-27-15-18-31(23-38(27)34)29-16-11-25-12-17-30(22-33(25)21-29)32-19-20-35-36-9-3-6-28-7-4-10-37(40(28)36)39(35)24-32/h1-24H. The molecule has 0 amide bonds. The lowest BCUT2D eigenvalue weighted by atomic mass is 9.94. The molecule has 0 atom stereocenters. The average molecular weight is 505 g/mol. The van der Waals surface area contributed by atoms with Crippen molar-refractivity contribution >= 4 is 43.1 Å². The van der Waals surface area contributed by atoms with Crippen LogP contribution < -0.4 is 0 Å². The largest absolute Gasteiger partial charge is 0.0616 e. The third-order valence-corrected chi connectivity index (χ3v) is 8.76. The summed E-state index contributed by atoms with van der Waals surface area (Å²) in [6.07, 6.45) is 0. The molecule has 8 aromatic rings. The fraction of sp³-hybridized carbons (Fsp3) is 0. The minimum atomic E-state index is 1.25. The SMILES string of the molecule is c1cc2c3c(cccc3c1)-c1cc(-c3ccc4ccc(-c5ccc6ccc7ccccc7c6c5)cc4c3)ccc1-2. The summed E-state index contributed by atoms with van der Waals surface area (Å²) < 4.78 is 0. The van der Waals surface area contributed by atoms with Crippen LogP contribution in [0.1, 0.15) is 0 Å². The summed E-state index contributed by atoms with van der Waals surface area (Å²) in [6.45, 7) is 0. The highest BCUT2D eigenvalue weighted by Crippen LogP contribution is 2.48. The van der Waals surface area contributed by atoms with Crippen LogP contribution in [0.5, 0.6) is 0 Å². The van der Waals surface area contributed by atoms with E-state index in [1.165, 1.54) is 87.6 Å². The highest BCUT2D eigenvalue weighted by atomic mass is 14.2. The molecule has 1 aliphatic rings. The van der Waals surface area contributed by atoms with Gasteiger partial charge in [-0.3, -0.25) is 0 Å². The van der Waals surface area contributed by atoms with Crippen LogP contribution in [0.15, 0.2) is 146 Å². The lowest BCUT2D eigenvalue weighted by molar-refractivity contribution is 1.63. The summed E-state index contributed by atoms with van der Waals surface area (Å²) in [5.74, 6) is 0. The first-order chi connectivity index (χ1) is 19.8. The van der Waals surface area contributed by atoms with Gasteiger partial charge in [0.1, 0.15) is 0 Å². The summed E-state index contributed by atoms with van der Waals surface area (Å²) in [4.78, 5) is 0. The van der Waals surface area contributed by atoms with Crippen molar-refractivity contribution in [2.24, 2.45) is 0 Å². The molecule has 184 valence electrons. The second kappa shape index (κ2) is 8.15. The van der Waals surface area contributed by atoms with Gasteiger partial charge in [0.2, 0.25) is 0 Å². The lowest BCUT2D eigenvalue weighted by Crippen LogP contribution is -1.84. The smallest absolute Gasteiger partial charge is 0.00264 e. The van der Waals surface area contributed by atoms with Crippen LogP contribution in [0.4, 0.5) is 0 Å². The Morgan fingerprint density at radius 2 is 0.800 bits per heavy atom. The zero-order valence-electron chi connectivity index (χ0n) is 21.9. The van der Waals surface area contributed by atoms with E-state index in [2.05, 4.69) is 146 Å². The van der Waals surface area contributed by atoms with Gasteiger partial charge in [-0.05, 0) is 112 Å². The Morgan fingerprint density at radius 3 is 1.57 bits per heavy atom. The third-order valence-electron chi connectivity index (χ3n) is 8.76. The molecule has 0 aromatic heterocycles. The van der Waals surface area contributed by atoms with Crippen molar-refractivity contribution in [1.82, 2.24) is 0 Å². The Balaban J connectivity index is 1.16. The van der Waals surface area contributed by atoms with Crippen LogP contribution in [0.2, 0.25) is 0 Å². The quantitative estimate of drug-likeness (QED) is 0.205. The molecule has 40 heavy (non-hydrogen) atoms. The van der Waals surface area contributed by atoms with E-state index >= 15 is 0 Å². The first-order valence-corrected chi connectivity index (χ1v) is 13.9. The normalized spacial score (nSPS) is 12.0. The molecule has 0 radical (unpaired) electrons. The van der Waals surface area contributed by atoms with Crippen molar-refractivity contribution in [2.75, 3.05) is 0 Å². The van der Waals surface area contributed by atoms with Crippen LogP contribution in [0.3, 0.4) is 0 Å². The Labute approximate surface area is 232 Å². The van der Waals surface area contributed by atoms with E-state index < -0.39 is 0 Å². The van der Waals surface area contributed by atoms with Crippen molar-refractivity contribution < 1.29 is 0 Å². The maximum atomic E-state index is 2.38. The van der Waals surface area contributed by atoms with E-state index in [0.29, 0.717) is 0 Å². The van der Waals surface area contributed by atoms with E-state index in [0.717, 1.165) is 0 Å². The van der Waals surface area contributed by atoms with Crippen molar-refractivity contribution in [3.63, 3.8) is 0 Å². The molecule has 0 fully saturated rings. The molecule has 8 aromatic carbocycles. The zero-order chi connectivity index (χ0) is 26.2. The highest BCUT2D eigenvalue weighted by Gasteiger charge is 2.21. The number of hydrogen-bond donors (Lipinski definition) is 0. The summed E-state index contributed by atoms with van der Waals surface area (Å²) >= 11 is 0. The molecule has 1 aliphatic carbocycles. The Morgan fingerprint density at radius 1 is 0.250 bits per heavy atom. The summed E-state index contributed by atoms with van der Waals surface area (Å²) in [5, 5.41) is 10.4. The molecule has 0 saturated heterocycles. The van der Waals surface area contributed by atoms with Crippen LogP contribution in [-0.2, 0) is 0 Å². The van der Waals surface area contributed by atoms with Crippen molar-refractivity contribution in [3.8, 4) is 44.5 Å². The molecule has 0 aliphatic heterocycles.